The predicted molar refractivity (Wildman–Crippen MR) is 276 cm³/mol. The summed E-state index contributed by atoms with van der Waals surface area (Å²) < 4.78 is 12.0. The molecule has 2 unspecified atom stereocenters. The third kappa shape index (κ3) is 40.6. The molecule has 0 saturated heterocycles. The first-order valence-corrected chi connectivity index (χ1v) is 28.5. The molecule has 0 rings (SSSR count). The highest BCUT2D eigenvalue weighted by Crippen LogP contribution is 2.23. The zero-order valence-electron chi connectivity index (χ0n) is 44.3. The maximum atomic E-state index is 13.9. The lowest BCUT2D eigenvalue weighted by molar-refractivity contribution is -0.151. The molecular formula is C57H112N2O5. The van der Waals surface area contributed by atoms with E-state index in [0.29, 0.717) is 31.2 Å². The Labute approximate surface area is 399 Å². The fourth-order valence-electron chi connectivity index (χ4n) is 9.27. The predicted octanol–water partition coefficient (Wildman–Crippen LogP) is 17.1. The average Bonchev–Trinajstić information content (AvgIpc) is 3.27. The van der Waals surface area contributed by atoms with Gasteiger partial charge in [0.05, 0.1) is 0 Å². The van der Waals surface area contributed by atoms with E-state index in [9.17, 15) is 14.4 Å². The minimum atomic E-state index is 0.00660. The molecule has 0 fully saturated rings. The van der Waals surface area contributed by atoms with Crippen molar-refractivity contribution in [3.05, 3.63) is 0 Å². The number of ether oxygens (including phenoxy) is 2. The second-order valence-electron chi connectivity index (χ2n) is 20.1. The molecule has 0 spiro atoms. The largest absolute Gasteiger partial charge is 0.462 e. The van der Waals surface area contributed by atoms with E-state index >= 15 is 0 Å². The molecule has 0 aromatic heterocycles. The first-order chi connectivity index (χ1) is 31.2. The number of carbonyl (C=O) groups is 3. The number of hydrogen-bond donors (Lipinski definition) is 0. The van der Waals surface area contributed by atoms with E-state index in [1.807, 2.05) is 0 Å². The summed E-state index contributed by atoms with van der Waals surface area (Å²) in [6.45, 7) is 13.1. The molecule has 1 amide bonds. The highest BCUT2D eigenvalue weighted by atomic mass is 16.5. The summed E-state index contributed by atoms with van der Waals surface area (Å²) in [6.07, 6.45) is 47.0. The zero-order valence-corrected chi connectivity index (χ0v) is 44.3. The Morgan fingerprint density at radius 2 is 0.656 bits per heavy atom. The standard InChI is InChI=1S/C57H112N2O5/c1-8-13-18-21-30-37-47-55(60)59(51-40-50-58(6)7)52(41-33-28-22-24-31-38-48-56(61)63-53(43-16-11-4)45-35-26-19-14-9-2)42-34-29-23-25-32-39-49-57(62)64-54(44-17-12-5)46-36-27-20-15-10-3/h52-54H,8-51H2,1-7H3. The lowest BCUT2D eigenvalue weighted by Crippen LogP contribution is -2.41. The van der Waals surface area contributed by atoms with Crippen molar-refractivity contribution in [1.29, 1.82) is 0 Å². The number of unbranched alkanes of at least 4 members (excludes halogenated alkanes) is 25. The van der Waals surface area contributed by atoms with Gasteiger partial charge in [-0.1, -0.05) is 208 Å². The fourth-order valence-corrected chi connectivity index (χ4v) is 9.27. The summed E-state index contributed by atoms with van der Waals surface area (Å²) in [5, 5.41) is 0. The van der Waals surface area contributed by atoms with Gasteiger partial charge >= 0.3 is 11.9 Å². The van der Waals surface area contributed by atoms with Crippen LogP contribution in [0.2, 0.25) is 0 Å². The van der Waals surface area contributed by atoms with Gasteiger partial charge in [0, 0.05) is 31.8 Å². The maximum absolute atomic E-state index is 13.9. The second kappa shape index (κ2) is 47.8. The molecule has 7 nitrogen and oxygen atoms in total. The minimum absolute atomic E-state index is 0.00660. The molecule has 7 heteroatoms. The molecule has 0 bridgehead atoms. The summed E-state index contributed by atoms with van der Waals surface area (Å²) in [5.41, 5.74) is 0. The Morgan fingerprint density at radius 3 is 1.03 bits per heavy atom. The summed E-state index contributed by atoms with van der Waals surface area (Å²) in [5.74, 6) is 0.388. The lowest BCUT2D eigenvalue weighted by Gasteiger charge is -2.33. The van der Waals surface area contributed by atoms with Crippen LogP contribution in [0, 0.1) is 0 Å². The Balaban J connectivity index is 5.02. The van der Waals surface area contributed by atoms with Crippen molar-refractivity contribution in [2.45, 2.75) is 323 Å². The van der Waals surface area contributed by atoms with E-state index < -0.39 is 0 Å². The van der Waals surface area contributed by atoms with Crippen molar-refractivity contribution < 1.29 is 23.9 Å². The number of rotatable bonds is 50. The van der Waals surface area contributed by atoms with Crippen LogP contribution >= 0.6 is 0 Å². The van der Waals surface area contributed by atoms with Crippen LogP contribution in [0.3, 0.4) is 0 Å². The van der Waals surface area contributed by atoms with Gasteiger partial charge in [-0.15, -0.1) is 0 Å². The molecule has 0 aliphatic rings. The fraction of sp³-hybridized carbons (Fsp3) is 0.947. The van der Waals surface area contributed by atoms with Gasteiger partial charge in [0.1, 0.15) is 12.2 Å². The van der Waals surface area contributed by atoms with Gasteiger partial charge in [-0.25, -0.2) is 0 Å². The van der Waals surface area contributed by atoms with Crippen molar-refractivity contribution in [2.24, 2.45) is 0 Å². The molecule has 0 heterocycles. The van der Waals surface area contributed by atoms with Crippen molar-refractivity contribution in [2.75, 3.05) is 27.2 Å². The highest BCUT2D eigenvalue weighted by Gasteiger charge is 2.23. The Kier molecular flexibility index (Phi) is 46.6. The van der Waals surface area contributed by atoms with Gasteiger partial charge in [0.25, 0.3) is 0 Å². The van der Waals surface area contributed by atoms with Gasteiger partial charge in [0.15, 0.2) is 0 Å². The molecule has 0 saturated carbocycles. The number of nitrogens with zero attached hydrogens (tertiary/aromatic N) is 2. The first kappa shape index (κ1) is 62.4. The third-order valence-corrected chi connectivity index (χ3v) is 13.5. The maximum Gasteiger partial charge on any atom is 0.306 e. The molecule has 0 aliphatic carbocycles. The van der Waals surface area contributed by atoms with E-state index in [1.54, 1.807) is 0 Å². The van der Waals surface area contributed by atoms with Crippen LogP contribution in [-0.2, 0) is 23.9 Å². The molecule has 0 radical (unpaired) electrons. The smallest absolute Gasteiger partial charge is 0.306 e. The summed E-state index contributed by atoms with van der Waals surface area (Å²) in [6, 6.07) is 0.318. The average molecular weight is 906 g/mol. The van der Waals surface area contributed by atoms with Gasteiger partial charge < -0.3 is 19.3 Å². The van der Waals surface area contributed by atoms with E-state index in [4.69, 9.17) is 9.47 Å². The van der Waals surface area contributed by atoms with Crippen molar-refractivity contribution in [1.82, 2.24) is 9.80 Å². The van der Waals surface area contributed by atoms with Crippen LogP contribution in [0.15, 0.2) is 0 Å². The minimum Gasteiger partial charge on any atom is -0.462 e. The quantitative estimate of drug-likeness (QED) is 0.0447. The number of hydrogen-bond acceptors (Lipinski definition) is 6. The van der Waals surface area contributed by atoms with Crippen molar-refractivity contribution in [3.8, 4) is 0 Å². The first-order valence-electron chi connectivity index (χ1n) is 28.5. The molecule has 0 aromatic rings. The van der Waals surface area contributed by atoms with Gasteiger partial charge in [0.2, 0.25) is 5.91 Å². The highest BCUT2D eigenvalue weighted by molar-refractivity contribution is 5.76. The molecule has 64 heavy (non-hydrogen) atoms. The van der Waals surface area contributed by atoms with E-state index in [1.165, 1.54) is 116 Å². The van der Waals surface area contributed by atoms with Crippen LogP contribution < -0.4 is 0 Å². The Hall–Kier alpha value is -1.63. The van der Waals surface area contributed by atoms with Crippen molar-refractivity contribution >= 4 is 17.8 Å². The van der Waals surface area contributed by atoms with E-state index in [2.05, 4.69) is 58.5 Å². The van der Waals surface area contributed by atoms with Crippen LogP contribution in [0.25, 0.3) is 0 Å². The van der Waals surface area contributed by atoms with Crippen LogP contribution in [0.4, 0.5) is 0 Å². The van der Waals surface area contributed by atoms with E-state index in [0.717, 1.165) is 148 Å². The van der Waals surface area contributed by atoms with E-state index in [-0.39, 0.29) is 24.1 Å². The van der Waals surface area contributed by atoms with Gasteiger partial charge in [-0.2, -0.15) is 0 Å². The second-order valence-corrected chi connectivity index (χ2v) is 20.1. The normalized spacial score (nSPS) is 13.0. The van der Waals surface area contributed by atoms with Crippen LogP contribution in [0.5, 0.6) is 0 Å². The summed E-state index contributed by atoms with van der Waals surface area (Å²) in [7, 11) is 4.26. The Bertz CT molecular complexity index is 964. The molecule has 0 aliphatic heterocycles. The molecule has 0 N–H and O–H groups in total. The Morgan fingerprint density at radius 1 is 0.344 bits per heavy atom. The molecule has 2 atom stereocenters. The topological polar surface area (TPSA) is 76.2 Å². The summed E-state index contributed by atoms with van der Waals surface area (Å²) in [4.78, 5) is 44.0. The molecular weight excluding hydrogens is 793 g/mol. The lowest BCUT2D eigenvalue weighted by atomic mass is 9.97. The van der Waals surface area contributed by atoms with Gasteiger partial charge in [-0.3, -0.25) is 14.4 Å². The molecule has 380 valence electrons. The van der Waals surface area contributed by atoms with Crippen molar-refractivity contribution in [3.63, 3.8) is 0 Å². The number of esters is 2. The summed E-state index contributed by atoms with van der Waals surface area (Å²) >= 11 is 0. The monoisotopic (exact) mass is 905 g/mol. The zero-order chi connectivity index (χ0) is 47.1. The van der Waals surface area contributed by atoms with Crippen LogP contribution in [0.1, 0.15) is 304 Å². The SMILES string of the molecule is CCCCCCCCC(=O)N(CCCN(C)C)C(CCCCCCCCC(=O)OC(CCCC)CCCCCCC)CCCCCCCCC(=O)OC(CCCC)CCCCCCC. The third-order valence-electron chi connectivity index (χ3n) is 13.5. The molecule has 0 aromatic carbocycles. The number of carbonyl (C=O) groups excluding carboxylic acids is 3. The van der Waals surface area contributed by atoms with Crippen LogP contribution in [-0.4, -0.2) is 73.1 Å². The van der Waals surface area contributed by atoms with Gasteiger partial charge in [-0.05, 0) is 97.7 Å². The number of amides is 1.